The number of aryl methyl sites for hydroxylation is 1. The highest BCUT2D eigenvalue weighted by Gasteiger charge is 2.29. The van der Waals surface area contributed by atoms with E-state index < -0.39 is 0 Å². The first kappa shape index (κ1) is 9.48. The summed E-state index contributed by atoms with van der Waals surface area (Å²) in [5, 5.41) is 8.29. The number of fused-ring (bicyclic) bond motifs is 1. The molecule has 1 saturated heterocycles. The Bertz CT molecular complexity index is 371. The third kappa shape index (κ3) is 1.52. The lowest BCUT2D eigenvalue weighted by atomic mass is 10.0. The van der Waals surface area contributed by atoms with Gasteiger partial charge in [-0.15, -0.1) is 0 Å². The number of hydrogen-bond acceptors (Lipinski definition) is 3. The second-order valence-electron chi connectivity index (χ2n) is 4.12. The largest absolute Gasteiger partial charge is 0.478 e. The van der Waals surface area contributed by atoms with E-state index in [9.17, 15) is 0 Å². The quantitative estimate of drug-likeness (QED) is 0.788. The summed E-state index contributed by atoms with van der Waals surface area (Å²) in [4.78, 5) is 0. The number of hydrogen-bond donors (Lipinski definition) is 1. The predicted molar refractivity (Wildman–Crippen MR) is 57.6 cm³/mol. The molecule has 15 heavy (non-hydrogen) atoms. The van der Waals surface area contributed by atoms with Crippen LogP contribution in [0.5, 0.6) is 5.88 Å². The Labute approximate surface area is 93.5 Å². The molecule has 1 N–H and O–H groups in total. The van der Waals surface area contributed by atoms with Crippen LogP contribution < -0.4 is 10.1 Å². The molecule has 0 amide bonds. The van der Waals surface area contributed by atoms with Crippen LogP contribution >= 0.6 is 11.6 Å². The average Bonchev–Trinajstić information content (AvgIpc) is 2.82. The molecule has 1 aromatic rings. The Kier molecular flexibility index (Phi) is 2.33. The van der Waals surface area contributed by atoms with Crippen LogP contribution in [0.2, 0.25) is 5.15 Å². The van der Waals surface area contributed by atoms with Gasteiger partial charge in [0.05, 0.1) is 12.2 Å². The Hall–Kier alpha value is -0.740. The topological polar surface area (TPSA) is 39.1 Å². The molecule has 82 valence electrons. The maximum atomic E-state index is 6.18. The van der Waals surface area contributed by atoms with Gasteiger partial charge in [0, 0.05) is 25.4 Å². The molecule has 0 bridgehead atoms. The fourth-order valence-electron chi connectivity index (χ4n) is 2.36. The van der Waals surface area contributed by atoms with E-state index in [2.05, 4.69) is 10.4 Å². The van der Waals surface area contributed by atoms with E-state index in [0.29, 0.717) is 11.1 Å². The first-order chi connectivity index (χ1) is 7.36. The van der Waals surface area contributed by atoms with E-state index in [4.69, 9.17) is 16.3 Å². The van der Waals surface area contributed by atoms with Crippen LogP contribution in [0.4, 0.5) is 0 Å². The van der Waals surface area contributed by atoms with Gasteiger partial charge in [0.25, 0.3) is 0 Å². The molecule has 3 heterocycles. The Morgan fingerprint density at radius 1 is 1.53 bits per heavy atom. The molecule has 2 aliphatic heterocycles. The minimum Gasteiger partial charge on any atom is -0.478 e. The number of halogens is 1. The normalized spacial score (nSPS) is 25.0. The number of rotatable bonds is 1. The molecule has 3 rings (SSSR count). The molecule has 0 aromatic carbocycles. The Balaban J connectivity index is 2.01. The summed E-state index contributed by atoms with van der Waals surface area (Å²) in [6.07, 6.45) is 2.15. The van der Waals surface area contributed by atoms with Gasteiger partial charge in [0.2, 0.25) is 5.88 Å². The smallest absolute Gasteiger partial charge is 0.216 e. The van der Waals surface area contributed by atoms with Crippen LogP contribution in [0, 0.1) is 0 Å². The highest BCUT2D eigenvalue weighted by atomic mass is 35.5. The SMILES string of the molecule is Clc1nn2c(c1C1CCNC1)OCCC2. The average molecular weight is 228 g/mol. The molecule has 1 atom stereocenters. The summed E-state index contributed by atoms with van der Waals surface area (Å²) in [7, 11) is 0. The first-order valence-electron chi connectivity index (χ1n) is 5.46. The summed E-state index contributed by atoms with van der Waals surface area (Å²) < 4.78 is 7.58. The predicted octanol–water partition coefficient (Wildman–Crippen LogP) is 1.40. The molecule has 0 spiro atoms. The Morgan fingerprint density at radius 2 is 2.47 bits per heavy atom. The minimum absolute atomic E-state index is 0.472. The lowest BCUT2D eigenvalue weighted by Crippen LogP contribution is -2.16. The van der Waals surface area contributed by atoms with Crippen molar-refractivity contribution in [2.24, 2.45) is 0 Å². The highest BCUT2D eigenvalue weighted by Crippen LogP contribution is 2.37. The van der Waals surface area contributed by atoms with Gasteiger partial charge in [0.1, 0.15) is 0 Å². The van der Waals surface area contributed by atoms with Gasteiger partial charge in [-0.3, -0.25) is 0 Å². The van der Waals surface area contributed by atoms with Crippen molar-refractivity contribution >= 4 is 11.6 Å². The van der Waals surface area contributed by atoms with E-state index >= 15 is 0 Å². The maximum absolute atomic E-state index is 6.18. The molecule has 0 aliphatic carbocycles. The van der Waals surface area contributed by atoms with Crippen LogP contribution in [0.1, 0.15) is 24.3 Å². The number of ether oxygens (including phenoxy) is 1. The molecule has 1 unspecified atom stereocenters. The van der Waals surface area contributed by atoms with Crippen molar-refractivity contribution in [1.82, 2.24) is 15.1 Å². The van der Waals surface area contributed by atoms with E-state index in [1.807, 2.05) is 4.68 Å². The van der Waals surface area contributed by atoms with Crippen molar-refractivity contribution in [2.45, 2.75) is 25.3 Å². The van der Waals surface area contributed by atoms with Crippen molar-refractivity contribution in [2.75, 3.05) is 19.7 Å². The van der Waals surface area contributed by atoms with E-state index in [1.165, 1.54) is 0 Å². The second-order valence-corrected chi connectivity index (χ2v) is 4.48. The molecular formula is C10H14ClN3O. The van der Waals surface area contributed by atoms with Crippen molar-refractivity contribution in [1.29, 1.82) is 0 Å². The van der Waals surface area contributed by atoms with Gasteiger partial charge >= 0.3 is 0 Å². The second kappa shape index (κ2) is 3.68. The lowest BCUT2D eigenvalue weighted by Gasteiger charge is -2.17. The summed E-state index contributed by atoms with van der Waals surface area (Å²) >= 11 is 6.18. The number of aromatic nitrogens is 2. The molecule has 4 nitrogen and oxygen atoms in total. The summed E-state index contributed by atoms with van der Waals surface area (Å²) in [5.41, 5.74) is 1.11. The van der Waals surface area contributed by atoms with E-state index in [-0.39, 0.29) is 0 Å². The van der Waals surface area contributed by atoms with Gasteiger partial charge in [-0.2, -0.15) is 5.10 Å². The summed E-state index contributed by atoms with van der Waals surface area (Å²) in [5.74, 6) is 1.37. The van der Waals surface area contributed by atoms with Gasteiger partial charge in [0.15, 0.2) is 5.15 Å². The van der Waals surface area contributed by atoms with Crippen LogP contribution in [-0.4, -0.2) is 29.5 Å². The van der Waals surface area contributed by atoms with Gasteiger partial charge in [-0.05, 0) is 13.0 Å². The van der Waals surface area contributed by atoms with Gasteiger partial charge in [-0.1, -0.05) is 11.6 Å². The van der Waals surface area contributed by atoms with E-state index in [1.54, 1.807) is 0 Å². The van der Waals surface area contributed by atoms with Gasteiger partial charge < -0.3 is 10.1 Å². The first-order valence-corrected chi connectivity index (χ1v) is 5.84. The third-order valence-corrected chi connectivity index (χ3v) is 3.40. The fourth-order valence-corrected chi connectivity index (χ4v) is 2.69. The summed E-state index contributed by atoms with van der Waals surface area (Å²) in [6.45, 7) is 3.76. The molecule has 1 aromatic heterocycles. The zero-order chi connectivity index (χ0) is 10.3. The zero-order valence-electron chi connectivity index (χ0n) is 8.50. The molecule has 5 heteroatoms. The highest BCUT2D eigenvalue weighted by molar-refractivity contribution is 6.30. The molecule has 0 radical (unpaired) electrons. The fraction of sp³-hybridized carbons (Fsp3) is 0.700. The summed E-state index contributed by atoms with van der Waals surface area (Å²) in [6, 6.07) is 0. The zero-order valence-corrected chi connectivity index (χ0v) is 9.26. The molecule has 1 fully saturated rings. The van der Waals surface area contributed by atoms with Gasteiger partial charge in [-0.25, -0.2) is 4.68 Å². The van der Waals surface area contributed by atoms with Crippen LogP contribution in [0.3, 0.4) is 0 Å². The van der Waals surface area contributed by atoms with E-state index in [0.717, 1.165) is 50.5 Å². The maximum Gasteiger partial charge on any atom is 0.216 e. The third-order valence-electron chi connectivity index (χ3n) is 3.12. The van der Waals surface area contributed by atoms with Crippen molar-refractivity contribution in [3.8, 4) is 5.88 Å². The standard InChI is InChI=1S/C10H14ClN3O/c11-9-8(7-2-3-12-6-7)10-14(13-9)4-1-5-15-10/h7,12H,1-6H2. The number of nitrogens with zero attached hydrogens (tertiary/aromatic N) is 2. The molecule has 2 aliphatic rings. The van der Waals surface area contributed by atoms with Crippen molar-refractivity contribution in [3.63, 3.8) is 0 Å². The molecule has 0 saturated carbocycles. The lowest BCUT2D eigenvalue weighted by molar-refractivity contribution is 0.227. The van der Waals surface area contributed by atoms with Crippen LogP contribution in [-0.2, 0) is 6.54 Å². The monoisotopic (exact) mass is 227 g/mol. The minimum atomic E-state index is 0.472. The van der Waals surface area contributed by atoms with Crippen molar-refractivity contribution in [3.05, 3.63) is 10.7 Å². The molecular weight excluding hydrogens is 214 g/mol. The Morgan fingerprint density at radius 3 is 3.27 bits per heavy atom. The van der Waals surface area contributed by atoms with Crippen LogP contribution in [0.15, 0.2) is 0 Å². The van der Waals surface area contributed by atoms with Crippen molar-refractivity contribution < 1.29 is 4.74 Å². The van der Waals surface area contributed by atoms with Crippen LogP contribution in [0.25, 0.3) is 0 Å². The number of nitrogens with one attached hydrogen (secondary N) is 1.